The highest BCUT2D eigenvalue weighted by molar-refractivity contribution is 5.68. The second-order valence-corrected chi connectivity index (χ2v) is 4.10. The van der Waals surface area contributed by atoms with Crippen LogP contribution in [0.2, 0.25) is 0 Å². The van der Waals surface area contributed by atoms with Gasteiger partial charge in [0, 0.05) is 12.4 Å². The number of hydrogen-bond donors (Lipinski definition) is 1. The summed E-state index contributed by atoms with van der Waals surface area (Å²) in [6.45, 7) is 2.01. The fourth-order valence-corrected chi connectivity index (χ4v) is 2.06. The molecule has 88 valence electrons. The number of carboxylic acid groups (broad SMARTS) is 1. The van der Waals surface area contributed by atoms with Crippen LogP contribution < -0.4 is 0 Å². The fourth-order valence-electron chi connectivity index (χ4n) is 2.06. The zero-order valence-electron chi connectivity index (χ0n) is 9.71. The van der Waals surface area contributed by atoms with E-state index >= 15 is 0 Å². The monoisotopic (exact) mass is 229 g/mol. The fraction of sp³-hybridized carbons (Fsp3) is 0.214. The van der Waals surface area contributed by atoms with Crippen molar-refractivity contribution in [3.8, 4) is 0 Å². The van der Waals surface area contributed by atoms with Crippen molar-refractivity contribution in [3.63, 3.8) is 0 Å². The minimum atomic E-state index is -0.785. The van der Waals surface area contributed by atoms with Gasteiger partial charge in [-0.15, -0.1) is 0 Å². The minimum absolute atomic E-state index is 0.0968. The molecule has 0 fully saturated rings. The topological polar surface area (TPSA) is 42.2 Å². The number of hydrogen-bond acceptors (Lipinski definition) is 1. The first-order valence-electron chi connectivity index (χ1n) is 5.58. The second kappa shape index (κ2) is 4.87. The van der Waals surface area contributed by atoms with Crippen molar-refractivity contribution in [2.75, 3.05) is 0 Å². The SMILES string of the molecule is Cc1ccccc1C(CC(=O)O)n1cccc1. The lowest BCUT2D eigenvalue weighted by Crippen LogP contribution is -2.14. The van der Waals surface area contributed by atoms with E-state index in [1.165, 1.54) is 0 Å². The van der Waals surface area contributed by atoms with Crippen LogP contribution in [-0.2, 0) is 4.79 Å². The molecule has 0 aliphatic rings. The molecule has 0 saturated carbocycles. The smallest absolute Gasteiger partial charge is 0.305 e. The van der Waals surface area contributed by atoms with Gasteiger partial charge in [-0.3, -0.25) is 4.79 Å². The first-order chi connectivity index (χ1) is 8.18. The van der Waals surface area contributed by atoms with Gasteiger partial charge < -0.3 is 9.67 Å². The van der Waals surface area contributed by atoms with Crippen molar-refractivity contribution in [1.29, 1.82) is 0 Å². The normalized spacial score (nSPS) is 12.3. The molecule has 0 bridgehead atoms. The van der Waals surface area contributed by atoms with Crippen LogP contribution in [0.3, 0.4) is 0 Å². The average molecular weight is 229 g/mol. The minimum Gasteiger partial charge on any atom is -0.481 e. The molecule has 0 saturated heterocycles. The Balaban J connectivity index is 2.41. The Bertz CT molecular complexity index is 503. The van der Waals surface area contributed by atoms with E-state index in [4.69, 9.17) is 5.11 Å². The molecule has 1 N–H and O–H groups in total. The third-order valence-electron chi connectivity index (χ3n) is 2.90. The zero-order chi connectivity index (χ0) is 12.3. The van der Waals surface area contributed by atoms with Crippen molar-refractivity contribution < 1.29 is 9.90 Å². The predicted molar refractivity (Wildman–Crippen MR) is 66.0 cm³/mol. The molecule has 3 heteroatoms. The Kier molecular flexibility index (Phi) is 3.28. The van der Waals surface area contributed by atoms with Crippen molar-refractivity contribution in [1.82, 2.24) is 4.57 Å². The molecule has 3 nitrogen and oxygen atoms in total. The summed E-state index contributed by atoms with van der Waals surface area (Å²) >= 11 is 0. The van der Waals surface area contributed by atoms with Crippen molar-refractivity contribution in [2.24, 2.45) is 0 Å². The summed E-state index contributed by atoms with van der Waals surface area (Å²) in [7, 11) is 0. The van der Waals surface area contributed by atoms with Crippen molar-refractivity contribution in [3.05, 3.63) is 59.9 Å². The lowest BCUT2D eigenvalue weighted by Gasteiger charge is -2.19. The van der Waals surface area contributed by atoms with Gasteiger partial charge in [-0.25, -0.2) is 0 Å². The summed E-state index contributed by atoms with van der Waals surface area (Å²) in [5.41, 5.74) is 2.18. The number of aliphatic carboxylic acids is 1. The van der Waals surface area contributed by atoms with Gasteiger partial charge in [0.2, 0.25) is 0 Å². The Labute approximate surface area is 100 Å². The molecule has 0 aliphatic carbocycles. The summed E-state index contributed by atoms with van der Waals surface area (Å²) in [4.78, 5) is 11.0. The van der Waals surface area contributed by atoms with Crippen LogP contribution in [0.25, 0.3) is 0 Å². The number of carboxylic acids is 1. The summed E-state index contributed by atoms with van der Waals surface area (Å²) in [5.74, 6) is -0.785. The highest BCUT2D eigenvalue weighted by Crippen LogP contribution is 2.25. The number of benzene rings is 1. The molecule has 1 unspecified atom stereocenters. The second-order valence-electron chi connectivity index (χ2n) is 4.10. The van der Waals surface area contributed by atoms with Gasteiger partial charge in [-0.1, -0.05) is 24.3 Å². The molecule has 1 aromatic carbocycles. The first-order valence-corrected chi connectivity index (χ1v) is 5.58. The molecule has 0 spiro atoms. The molecule has 1 atom stereocenters. The van der Waals surface area contributed by atoms with Gasteiger partial charge in [0.05, 0.1) is 12.5 Å². The molecule has 2 aromatic rings. The Morgan fingerprint density at radius 2 is 1.88 bits per heavy atom. The van der Waals surface area contributed by atoms with E-state index in [0.29, 0.717) is 0 Å². The highest BCUT2D eigenvalue weighted by atomic mass is 16.4. The van der Waals surface area contributed by atoms with E-state index in [0.717, 1.165) is 11.1 Å². The molecule has 1 aromatic heterocycles. The number of nitrogens with zero attached hydrogens (tertiary/aromatic N) is 1. The van der Waals surface area contributed by atoms with Gasteiger partial charge in [0.1, 0.15) is 0 Å². The largest absolute Gasteiger partial charge is 0.481 e. The summed E-state index contributed by atoms with van der Waals surface area (Å²) < 4.78 is 1.94. The number of aryl methyl sites for hydroxylation is 1. The molecule has 0 aliphatic heterocycles. The molecule has 2 rings (SSSR count). The van der Waals surface area contributed by atoms with E-state index in [-0.39, 0.29) is 12.5 Å². The van der Waals surface area contributed by atoms with Gasteiger partial charge in [0.15, 0.2) is 0 Å². The van der Waals surface area contributed by atoms with Crippen LogP contribution >= 0.6 is 0 Å². The maximum absolute atomic E-state index is 11.0. The Morgan fingerprint density at radius 3 is 2.47 bits per heavy atom. The maximum atomic E-state index is 11.0. The molecule has 1 heterocycles. The standard InChI is InChI=1S/C14H15NO2/c1-11-6-2-3-7-12(11)13(10-14(16)17)15-8-4-5-9-15/h2-9,13H,10H2,1H3,(H,16,17). The highest BCUT2D eigenvalue weighted by Gasteiger charge is 2.17. The molecular formula is C14H15NO2. The van der Waals surface area contributed by atoms with Crippen molar-refractivity contribution in [2.45, 2.75) is 19.4 Å². The molecule has 0 radical (unpaired) electrons. The van der Waals surface area contributed by atoms with E-state index in [1.54, 1.807) is 0 Å². The zero-order valence-corrected chi connectivity index (χ0v) is 9.71. The van der Waals surface area contributed by atoms with Gasteiger partial charge >= 0.3 is 5.97 Å². The van der Waals surface area contributed by atoms with Crippen LogP contribution in [0.4, 0.5) is 0 Å². The van der Waals surface area contributed by atoms with E-state index in [9.17, 15) is 4.79 Å². The van der Waals surface area contributed by atoms with Gasteiger partial charge in [-0.2, -0.15) is 0 Å². The molecule has 17 heavy (non-hydrogen) atoms. The number of carbonyl (C=O) groups is 1. The average Bonchev–Trinajstić information content (AvgIpc) is 2.80. The van der Waals surface area contributed by atoms with E-state index < -0.39 is 5.97 Å². The van der Waals surface area contributed by atoms with Gasteiger partial charge in [-0.05, 0) is 30.2 Å². The lowest BCUT2D eigenvalue weighted by atomic mass is 9.99. The number of rotatable bonds is 4. The summed E-state index contributed by atoms with van der Waals surface area (Å²) in [5, 5.41) is 9.02. The van der Waals surface area contributed by atoms with Crippen LogP contribution in [0.5, 0.6) is 0 Å². The van der Waals surface area contributed by atoms with Crippen LogP contribution in [0.15, 0.2) is 48.8 Å². The quantitative estimate of drug-likeness (QED) is 0.875. The third kappa shape index (κ3) is 2.56. The van der Waals surface area contributed by atoms with Gasteiger partial charge in [0.25, 0.3) is 0 Å². The van der Waals surface area contributed by atoms with Crippen LogP contribution in [0, 0.1) is 6.92 Å². The van der Waals surface area contributed by atoms with Crippen LogP contribution in [-0.4, -0.2) is 15.6 Å². The first kappa shape index (κ1) is 11.5. The summed E-state index contributed by atoms with van der Waals surface area (Å²) in [6.07, 6.45) is 3.90. The lowest BCUT2D eigenvalue weighted by molar-refractivity contribution is -0.137. The Morgan fingerprint density at radius 1 is 1.24 bits per heavy atom. The van der Waals surface area contributed by atoms with E-state index in [2.05, 4.69) is 0 Å². The van der Waals surface area contributed by atoms with Crippen LogP contribution in [0.1, 0.15) is 23.6 Å². The third-order valence-corrected chi connectivity index (χ3v) is 2.90. The van der Waals surface area contributed by atoms with E-state index in [1.807, 2.05) is 60.3 Å². The van der Waals surface area contributed by atoms with Crippen molar-refractivity contribution >= 4 is 5.97 Å². The Hall–Kier alpha value is -2.03. The number of aromatic nitrogens is 1. The molecule has 0 amide bonds. The predicted octanol–water partition coefficient (Wildman–Crippen LogP) is 2.86. The molecular weight excluding hydrogens is 214 g/mol. The summed E-state index contributed by atoms with van der Waals surface area (Å²) in [6, 6.07) is 11.6. The maximum Gasteiger partial charge on any atom is 0.305 e.